The lowest BCUT2D eigenvalue weighted by atomic mass is 9.90. The summed E-state index contributed by atoms with van der Waals surface area (Å²) in [6.07, 6.45) is 6.72. The van der Waals surface area contributed by atoms with Crippen molar-refractivity contribution in [2.24, 2.45) is 0 Å². The Morgan fingerprint density at radius 3 is 2.61 bits per heavy atom. The van der Waals surface area contributed by atoms with Crippen molar-refractivity contribution < 1.29 is 9.21 Å². The molecule has 1 amide bonds. The van der Waals surface area contributed by atoms with Crippen LogP contribution in [-0.4, -0.2) is 39.7 Å². The van der Waals surface area contributed by atoms with Gasteiger partial charge >= 0.3 is 0 Å². The number of hydrogen-bond acceptors (Lipinski definition) is 4. The topological polar surface area (TPSA) is 63.3 Å². The summed E-state index contributed by atoms with van der Waals surface area (Å²) in [6.45, 7) is 3.32. The summed E-state index contributed by atoms with van der Waals surface area (Å²) >= 11 is 0. The lowest BCUT2D eigenvalue weighted by molar-refractivity contribution is 0.0767. The molecule has 0 fully saturated rings. The molecule has 3 aromatic rings. The van der Waals surface area contributed by atoms with Gasteiger partial charge in [-0.25, -0.2) is 0 Å². The lowest BCUT2D eigenvalue weighted by Crippen LogP contribution is -2.42. The second kappa shape index (κ2) is 8.35. The number of fused-ring (bicyclic) bond motifs is 2. The van der Waals surface area contributed by atoms with E-state index in [2.05, 4.69) is 36.5 Å². The molecule has 1 unspecified atom stereocenters. The van der Waals surface area contributed by atoms with Gasteiger partial charge in [0, 0.05) is 36.9 Å². The highest BCUT2D eigenvalue weighted by molar-refractivity contribution is 5.94. The Labute approximate surface area is 183 Å². The summed E-state index contributed by atoms with van der Waals surface area (Å²) in [5, 5.41) is 8.61. The van der Waals surface area contributed by atoms with E-state index in [0.717, 1.165) is 50.0 Å². The molecule has 2 aliphatic carbocycles. The Morgan fingerprint density at radius 1 is 1.16 bits per heavy atom. The normalized spacial score (nSPS) is 18.1. The van der Waals surface area contributed by atoms with Crippen LogP contribution in [0, 0.1) is 0 Å². The van der Waals surface area contributed by atoms with Gasteiger partial charge < -0.3 is 14.6 Å². The maximum Gasteiger partial charge on any atom is 0.274 e. The average Bonchev–Trinajstić information content (AvgIpc) is 3.51. The second-order valence-electron chi connectivity index (χ2n) is 8.81. The van der Waals surface area contributed by atoms with E-state index in [1.807, 2.05) is 23.9 Å². The Kier molecular flexibility index (Phi) is 5.40. The van der Waals surface area contributed by atoms with Crippen LogP contribution in [0.15, 0.2) is 47.1 Å². The Bertz CT molecular complexity index is 1040. The number of aryl methyl sites for hydroxylation is 1. The quantitative estimate of drug-likeness (QED) is 0.667. The van der Waals surface area contributed by atoms with Crippen LogP contribution < -0.4 is 5.32 Å². The van der Waals surface area contributed by atoms with Crippen LogP contribution in [0.5, 0.6) is 0 Å². The van der Waals surface area contributed by atoms with Gasteiger partial charge in [-0.3, -0.25) is 9.48 Å². The summed E-state index contributed by atoms with van der Waals surface area (Å²) in [5.41, 5.74) is 5.88. The van der Waals surface area contributed by atoms with Gasteiger partial charge in [0.05, 0.1) is 12.8 Å². The first-order valence-electron chi connectivity index (χ1n) is 11.3. The molecule has 1 atom stereocenters. The van der Waals surface area contributed by atoms with Gasteiger partial charge in [0.15, 0.2) is 5.69 Å². The molecular weight excluding hydrogens is 388 g/mol. The van der Waals surface area contributed by atoms with Crippen LogP contribution >= 0.6 is 0 Å². The van der Waals surface area contributed by atoms with Crippen LogP contribution in [0.4, 0.5) is 0 Å². The molecule has 31 heavy (non-hydrogen) atoms. The van der Waals surface area contributed by atoms with E-state index in [0.29, 0.717) is 24.3 Å². The number of nitrogens with zero attached hydrogens (tertiary/aromatic N) is 3. The van der Waals surface area contributed by atoms with Crippen LogP contribution in [0.3, 0.4) is 0 Å². The highest BCUT2D eigenvalue weighted by Crippen LogP contribution is 2.28. The first-order valence-corrected chi connectivity index (χ1v) is 11.3. The average molecular weight is 419 g/mol. The maximum absolute atomic E-state index is 13.3. The van der Waals surface area contributed by atoms with Crippen LogP contribution in [0.25, 0.3) is 0 Å². The van der Waals surface area contributed by atoms with Crippen molar-refractivity contribution in [2.45, 2.75) is 64.2 Å². The SMILES string of the molecule is CCn1nc(C(=O)N(C)Cc2ccco2)c2c1CCC(NC1Cc3ccccc3C1)C2. The summed E-state index contributed by atoms with van der Waals surface area (Å²) in [4.78, 5) is 15.0. The van der Waals surface area contributed by atoms with Gasteiger partial charge in [-0.1, -0.05) is 24.3 Å². The van der Waals surface area contributed by atoms with Crippen LogP contribution in [0.1, 0.15) is 52.0 Å². The molecule has 2 aliphatic rings. The van der Waals surface area contributed by atoms with Gasteiger partial charge in [0.25, 0.3) is 5.91 Å². The maximum atomic E-state index is 13.3. The number of benzene rings is 1. The third kappa shape index (κ3) is 3.92. The molecule has 6 heteroatoms. The molecule has 0 aliphatic heterocycles. The number of amides is 1. The zero-order valence-electron chi connectivity index (χ0n) is 18.3. The number of rotatable bonds is 6. The standard InChI is InChI=1S/C25H30N4O2/c1-3-29-23-11-10-19(26-20-13-17-7-4-5-8-18(17)14-20)15-22(23)24(27-29)25(30)28(2)16-21-9-6-12-31-21/h4-9,12,19-20,26H,3,10-11,13-16H2,1-2H3. The van der Waals surface area contributed by atoms with E-state index in [-0.39, 0.29) is 5.91 Å². The highest BCUT2D eigenvalue weighted by atomic mass is 16.3. The molecule has 0 saturated heterocycles. The molecule has 0 saturated carbocycles. The predicted molar refractivity (Wildman–Crippen MR) is 119 cm³/mol. The van der Waals surface area contributed by atoms with Crippen LogP contribution in [0.2, 0.25) is 0 Å². The van der Waals surface area contributed by atoms with Gasteiger partial charge in [-0.15, -0.1) is 0 Å². The number of carbonyl (C=O) groups is 1. The molecule has 6 nitrogen and oxygen atoms in total. The van der Waals surface area contributed by atoms with Gasteiger partial charge in [0.2, 0.25) is 0 Å². The van der Waals surface area contributed by atoms with E-state index < -0.39 is 0 Å². The minimum absolute atomic E-state index is 0.0335. The van der Waals surface area contributed by atoms with Crippen molar-refractivity contribution in [1.82, 2.24) is 20.0 Å². The molecule has 1 N–H and O–H groups in total. The zero-order chi connectivity index (χ0) is 21.4. The van der Waals surface area contributed by atoms with Crippen LogP contribution in [-0.2, 0) is 38.8 Å². The molecular formula is C25H30N4O2. The smallest absolute Gasteiger partial charge is 0.274 e. The fraction of sp³-hybridized carbons (Fsp3) is 0.440. The number of carbonyl (C=O) groups excluding carboxylic acids is 1. The van der Waals surface area contributed by atoms with Crippen molar-refractivity contribution in [2.75, 3.05) is 7.05 Å². The van der Waals surface area contributed by atoms with Crippen molar-refractivity contribution in [3.05, 3.63) is 76.5 Å². The Balaban J connectivity index is 1.32. The number of furan rings is 1. The third-order valence-electron chi connectivity index (χ3n) is 6.69. The molecule has 0 spiro atoms. The molecule has 2 aromatic heterocycles. The largest absolute Gasteiger partial charge is 0.467 e. The molecule has 0 radical (unpaired) electrons. The predicted octanol–water partition coefficient (Wildman–Crippen LogP) is 3.38. The molecule has 2 heterocycles. The van der Waals surface area contributed by atoms with Crippen molar-refractivity contribution in [3.63, 3.8) is 0 Å². The third-order valence-corrected chi connectivity index (χ3v) is 6.69. The van der Waals surface area contributed by atoms with E-state index >= 15 is 0 Å². The Hall–Kier alpha value is -2.86. The summed E-state index contributed by atoms with van der Waals surface area (Å²) in [7, 11) is 1.82. The number of hydrogen-bond donors (Lipinski definition) is 1. The minimum Gasteiger partial charge on any atom is -0.467 e. The molecule has 162 valence electrons. The summed E-state index contributed by atoms with van der Waals surface area (Å²) in [6, 6.07) is 13.3. The number of aromatic nitrogens is 2. The minimum atomic E-state index is -0.0335. The highest BCUT2D eigenvalue weighted by Gasteiger charge is 2.32. The van der Waals surface area contributed by atoms with E-state index in [1.165, 1.54) is 16.8 Å². The van der Waals surface area contributed by atoms with Gasteiger partial charge in [-0.05, 0) is 62.3 Å². The van der Waals surface area contributed by atoms with Gasteiger partial charge in [-0.2, -0.15) is 5.10 Å². The van der Waals surface area contributed by atoms with E-state index in [4.69, 9.17) is 9.52 Å². The van der Waals surface area contributed by atoms with E-state index in [9.17, 15) is 4.79 Å². The lowest BCUT2D eigenvalue weighted by Gasteiger charge is -2.27. The Morgan fingerprint density at radius 2 is 1.94 bits per heavy atom. The number of nitrogens with one attached hydrogen (secondary N) is 1. The van der Waals surface area contributed by atoms with Crippen molar-refractivity contribution in [1.29, 1.82) is 0 Å². The van der Waals surface area contributed by atoms with Gasteiger partial charge in [0.1, 0.15) is 5.76 Å². The summed E-state index contributed by atoms with van der Waals surface area (Å²) in [5.74, 6) is 0.744. The van der Waals surface area contributed by atoms with E-state index in [1.54, 1.807) is 11.2 Å². The second-order valence-corrected chi connectivity index (χ2v) is 8.81. The first-order chi connectivity index (χ1) is 15.1. The summed E-state index contributed by atoms with van der Waals surface area (Å²) < 4.78 is 7.44. The monoisotopic (exact) mass is 418 g/mol. The molecule has 5 rings (SSSR count). The molecule has 1 aromatic carbocycles. The van der Waals surface area contributed by atoms with Crippen molar-refractivity contribution in [3.8, 4) is 0 Å². The fourth-order valence-corrected chi connectivity index (χ4v) is 5.16. The fourth-order valence-electron chi connectivity index (χ4n) is 5.16. The zero-order valence-corrected chi connectivity index (χ0v) is 18.3. The first kappa shape index (κ1) is 20.1. The molecule has 0 bridgehead atoms. The van der Waals surface area contributed by atoms with Crippen molar-refractivity contribution >= 4 is 5.91 Å².